The van der Waals surface area contributed by atoms with Crippen molar-refractivity contribution in [2.45, 2.75) is 0 Å². The van der Waals surface area contributed by atoms with Crippen LogP contribution in [0.3, 0.4) is 0 Å². The Bertz CT molecular complexity index is 709. The fraction of sp³-hybridized carbons (Fsp3) is 0.118. The molecule has 0 amide bonds. The number of benzene rings is 2. The van der Waals surface area contributed by atoms with Gasteiger partial charge < -0.3 is 4.90 Å². The van der Waals surface area contributed by atoms with Crippen LogP contribution in [0.25, 0.3) is 22.2 Å². The topological polar surface area (TPSA) is 16.1 Å². The summed E-state index contributed by atoms with van der Waals surface area (Å²) in [5.74, 6) is 0. The van der Waals surface area contributed by atoms with E-state index in [-0.39, 0.29) is 12.4 Å². The fourth-order valence-corrected chi connectivity index (χ4v) is 2.25. The predicted molar refractivity (Wildman–Crippen MR) is 88.8 cm³/mol. The molecule has 102 valence electrons. The summed E-state index contributed by atoms with van der Waals surface area (Å²) in [7, 11) is 4.11. The smallest absolute Gasteiger partial charge is 0.0942 e. The van der Waals surface area contributed by atoms with Crippen LogP contribution in [0.5, 0.6) is 0 Å². The van der Waals surface area contributed by atoms with Crippen LogP contribution in [-0.2, 0) is 0 Å². The number of rotatable bonds is 2. The lowest BCUT2D eigenvalue weighted by Crippen LogP contribution is -2.11. The summed E-state index contributed by atoms with van der Waals surface area (Å²) >= 11 is 0. The van der Waals surface area contributed by atoms with Gasteiger partial charge in [-0.05, 0) is 12.1 Å². The number of fused-ring (bicyclic) bond motifs is 1. The van der Waals surface area contributed by atoms with Crippen molar-refractivity contribution in [3.8, 4) is 11.3 Å². The molecule has 3 heteroatoms. The van der Waals surface area contributed by atoms with Gasteiger partial charge in [0.1, 0.15) is 0 Å². The lowest BCUT2D eigenvalue weighted by atomic mass is 10.1. The molecule has 0 fully saturated rings. The van der Waals surface area contributed by atoms with E-state index in [9.17, 15) is 0 Å². The van der Waals surface area contributed by atoms with Crippen molar-refractivity contribution in [1.29, 1.82) is 0 Å². The lowest BCUT2D eigenvalue weighted by Gasteiger charge is -2.18. The summed E-state index contributed by atoms with van der Waals surface area (Å²) in [5.41, 5.74) is 4.36. The maximum atomic E-state index is 4.82. The van der Waals surface area contributed by atoms with E-state index in [0.29, 0.717) is 0 Å². The summed E-state index contributed by atoms with van der Waals surface area (Å²) in [6.07, 6.45) is 0. The van der Waals surface area contributed by atoms with E-state index in [2.05, 4.69) is 49.3 Å². The maximum Gasteiger partial charge on any atom is 0.0942 e. The Kier molecular flexibility index (Phi) is 4.26. The fourth-order valence-electron chi connectivity index (χ4n) is 2.25. The van der Waals surface area contributed by atoms with Gasteiger partial charge in [0, 0.05) is 25.0 Å². The van der Waals surface area contributed by atoms with Gasteiger partial charge >= 0.3 is 0 Å². The Morgan fingerprint density at radius 3 is 2.20 bits per heavy atom. The van der Waals surface area contributed by atoms with E-state index < -0.39 is 0 Å². The zero-order valence-electron chi connectivity index (χ0n) is 11.6. The molecule has 0 aliphatic heterocycles. The first-order valence-corrected chi connectivity index (χ1v) is 6.38. The summed E-state index contributed by atoms with van der Waals surface area (Å²) in [4.78, 5) is 6.94. The molecule has 1 heterocycles. The van der Waals surface area contributed by atoms with Gasteiger partial charge in [-0.25, -0.2) is 4.98 Å². The SMILES string of the molecule is CN(C)c1cc2ccccc2nc1-c1ccccc1.Cl. The van der Waals surface area contributed by atoms with Crippen molar-refractivity contribution in [3.05, 3.63) is 60.7 Å². The van der Waals surface area contributed by atoms with Crippen LogP contribution in [0.4, 0.5) is 5.69 Å². The second kappa shape index (κ2) is 5.93. The number of halogens is 1. The van der Waals surface area contributed by atoms with Crippen LogP contribution < -0.4 is 4.90 Å². The van der Waals surface area contributed by atoms with Crippen molar-refractivity contribution in [2.24, 2.45) is 0 Å². The van der Waals surface area contributed by atoms with Crippen LogP contribution in [0.15, 0.2) is 60.7 Å². The lowest BCUT2D eigenvalue weighted by molar-refractivity contribution is 1.12. The summed E-state index contributed by atoms with van der Waals surface area (Å²) in [5, 5.41) is 1.17. The molecule has 0 radical (unpaired) electrons. The highest BCUT2D eigenvalue weighted by Crippen LogP contribution is 2.30. The van der Waals surface area contributed by atoms with Crippen LogP contribution in [-0.4, -0.2) is 19.1 Å². The minimum absolute atomic E-state index is 0. The molecular weight excluding hydrogens is 268 g/mol. The minimum Gasteiger partial charge on any atom is -0.376 e. The first kappa shape index (κ1) is 14.4. The van der Waals surface area contributed by atoms with Gasteiger partial charge in [0.15, 0.2) is 0 Å². The quantitative estimate of drug-likeness (QED) is 0.694. The molecule has 0 saturated heterocycles. The maximum absolute atomic E-state index is 4.82. The highest BCUT2D eigenvalue weighted by molar-refractivity contribution is 5.89. The number of nitrogens with zero attached hydrogens (tertiary/aromatic N) is 2. The van der Waals surface area contributed by atoms with Crippen LogP contribution in [0.2, 0.25) is 0 Å². The van der Waals surface area contributed by atoms with Gasteiger partial charge in [0.2, 0.25) is 0 Å². The average Bonchev–Trinajstić information content (AvgIpc) is 2.46. The number of aromatic nitrogens is 1. The molecule has 2 nitrogen and oxygen atoms in total. The largest absolute Gasteiger partial charge is 0.376 e. The van der Waals surface area contributed by atoms with Gasteiger partial charge in [-0.3, -0.25) is 0 Å². The molecule has 0 unspecified atom stereocenters. The van der Waals surface area contributed by atoms with Gasteiger partial charge in [-0.2, -0.15) is 0 Å². The monoisotopic (exact) mass is 284 g/mol. The second-order valence-electron chi connectivity index (χ2n) is 4.81. The van der Waals surface area contributed by atoms with Crippen molar-refractivity contribution >= 4 is 29.0 Å². The average molecular weight is 285 g/mol. The highest BCUT2D eigenvalue weighted by Gasteiger charge is 2.10. The van der Waals surface area contributed by atoms with Crippen molar-refractivity contribution in [1.82, 2.24) is 4.98 Å². The Morgan fingerprint density at radius 2 is 1.50 bits per heavy atom. The minimum atomic E-state index is 0. The third-order valence-corrected chi connectivity index (χ3v) is 3.23. The van der Waals surface area contributed by atoms with Crippen LogP contribution >= 0.6 is 12.4 Å². The van der Waals surface area contributed by atoms with Gasteiger partial charge in [0.25, 0.3) is 0 Å². The summed E-state index contributed by atoms with van der Waals surface area (Å²) in [6, 6.07) is 20.8. The molecule has 20 heavy (non-hydrogen) atoms. The predicted octanol–water partition coefficient (Wildman–Crippen LogP) is 4.39. The highest BCUT2D eigenvalue weighted by atomic mass is 35.5. The molecule has 1 aromatic heterocycles. The van der Waals surface area contributed by atoms with Crippen LogP contribution in [0.1, 0.15) is 0 Å². The number of hydrogen-bond acceptors (Lipinski definition) is 2. The molecule has 0 saturated carbocycles. The number of hydrogen-bond donors (Lipinski definition) is 0. The molecular formula is C17H17ClN2. The Labute approximate surface area is 125 Å². The van der Waals surface area contributed by atoms with Gasteiger partial charge in [0.05, 0.1) is 16.9 Å². The van der Waals surface area contributed by atoms with E-state index in [0.717, 1.165) is 22.5 Å². The molecule has 0 atom stereocenters. The number of anilines is 1. The van der Waals surface area contributed by atoms with E-state index in [4.69, 9.17) is 4.98 Å². The number of pyridine rings is 1. The first-order valence-electron chi connectivity index (χ1n) is 6.38. The molecule has 2 aromatic carbocycles. The third-order valence-electron chi connectivity index (χ3n) is 3.23. The van der Waals surface area contributed by atoms with E-state index in [1.165, 1.54) is 5.39 Å². The summed E-state index contributed by atoms with van der Waals surface area (Å²) in [6.45, 7) is 0. The Balaban J connectivity index is 0.00000147. The van der Waals surface area contributed by atoms with Crippen molar-refractivity contribution < 1.29 is 0 Å². The van der Waals surface area contributed by atoms with Gasteiger partial charge in [-0.15, -0.1) is 12.4 Å². The van der Waals surface area contributed by atoms with Gasteiger partial charge in [-0.1, -0.05) is 48.5 Å². The standard InChI is InChI=1S/C17H16N2.ClH/c1-19(2)16-12-14-10-6-7-11-15(14)18-17(16)13-8-4-3-5-9-13;/h3-12H,1-2H3;1H. The van der Waals surface area contributed by atoms with E-state index >= 15 is 0 Å². The zero-order valence-corrected chi connectivity index (χ0v) is 12.4. The molecule has 0 aliphatic carbocycles. The molecule has 0 spiro atoms. The van der Waals surface area contributed by atoms with Crippen LogP contribution in [0, 0.1) is 0 Å². The third kappa shape index (κ3) is 2.61. The molecule has 0 aliphatic rings. The summed E-state index contributed by atoms with van der Waals surface area (Å²) < 4.78 is 0. The van der Waals surface area contributed by atoms with E-state index in [1.54, 1.807) is 0 Å². The molecule has 3 rings (SSSR count). The Morgan fingerprint density at radius 1 is 0.850 bits per heavy atom. The Hall–Kier alpha value is -2.06. The second-order valence-corrected chi connectivity index (χ2v) is 4.81. The number of para-hydroxylation sites is 1. The first-order chi connectivity index (χ1) is 9.25. The van der Waals surface area contributed by atoms with E-state index in [1.807, 2.05) is 30.3 Å². The molecule has 0 bridgehead atoms. The molecule has 3 aromatic rings. The van der Waals surface area contributed by atoms with Crippen molar-refractivity contribution in [3.63, 3.8) is 0 Å². The molecule has 0 N–H and O–H groups in total. The normalized spacial score (nSPS) is 10.1. The van der Waals surface area contributed by atoms with Crippen molar-refractivity contribution in [2.75, 3.05) is 19.0 Å². The zero-order chi connectivity index (χ0) is 13.2.